The molecule has 0 aromatic heterocycles. The molecule has 1 rings (SSSR count). The molecule has 0 heterocycles. The number of ether oxygens (including phenoxy) is 1. The fraction of sp³-hybridized carbons (Fsp3) is 0.471. The molecule has 0 saturated carbocycles. The Bertz CT molecular complexity index is 538. The topological polar surface area (TPSA) is 92.7 Å². The molecule has 126 valence electrons. The maximum Gasteiger partial charge on any atom is 0.303 e. The Morgan fingerprint density at radius 2 is 1.83 bits per heavy atom. The second-order valence-electron chi connectivity index (χ2n) is 5.51. The molecule has 0 aliphatic carbocycles. The van der Waals surface area contributed by atoms with Crippen LogP contribution in [0.25, 0.3) is 0 Å². The molecule has 0 saturated heterocycles. The minimum absolute atomic E-state index is 0.0142. The molecule has 1 aromatic rings. The number of carbonyl (C=O) groups is 3. The molecule has 0 radical (unpaired) electrons. The van der Waals surface area contributed by atoms with E-state index in [1.807, 2.05) is 0 Å². The zero-order valence-electron chi connectivity index (χ0n) is 13.5. The van der Waals surface area contributed by atoms with Gasteiger partial charge in [-0.3, -0.25) is 14.4 Å². The van der Waals surface area contributed by atoms with Crippen LogP contribution in [0.1, 0.15) is 43.0 Å². The molecular weight excluding hydrogens is 298 g/mol. The lowest BCUT2D eigenvalue weighted by Gasteiger charge is -2.10. The van der Waals surface area contributed by atoms with E-state index in [1.165, 1.54) is 0 Å². The summed E-state index contributed by atoms with van der Waals surface area (Å²) in [6, 6.07) is 6.86. The lowest BCUT2D eigenvalue weighted by molar-refractivity contribution is -0.138. The van der Waals surface area contributed by atoms with Gasteiger partial charge >= 0.3 is 5.97 Å². The Balaban J connectivity index is 2.25. The van der Waals surface area contributed by atoms with Crippen LogP contribution in [-0.2, 0) is 9.59 Å². The minimum atomic E-state index is -0.878. The zero-order chi connectivity index (χ0) is 17.2. The first-order valence-electron chi connectivity index (χ1n) is 7.58. The van der Waals surface area contributed by atoms with Gasteiger partial charge in [0.05, 0.1) is 7.11 Å². The van der Waals surface area contributed by atoms with Crippen molar-refractivity contribution in [2.24, 2.45) is 5.92 Å². The molecular formula is C17H23NO5. The molecule has 1 unspecified atom stereocenters. The van der Waals surface area contributed by atoms with Crippen LogP contribution in [0.5, 0.6) is 5.75 Å². The van der Waals surface area contributed by atoms with E-state index in [0.717, 1.165) is 0 Å². The van der Waals surface area contributed by atoms with E-state index in [9.17, 15) is 14.4 Å². The van der Waals surface area contributed by atoms with Crippen molar-refractivity contribution >= 4 is 17.7 Å². The van der Waals surface area contributed by atoms with Crippen LogP contribution in [0.15, 0.2) is 24.3 Å². The smallest absolute Gasteiger partial charge is 0.303 e. The molecule has 0 fully saturated rings. The van der Waals surface area contributed by atoms with Crippen LogP contribution in [0.3, 0.4) is 0 Å². The predicted molar refractivity (Wildman–Crippen MR) is 85.6 cm³/mol. The summed E-state index contributed by atoms with van der Waals surface area (Å²) in [4.78, 5) is 34.1. The first kappa shape index (κ1) is 18.7. The second kappa shape index (κ2) is 9.61. The van der Waals surface area contributed by atoms with Crippen LogP contribution in [0.4, 0.5) is 0 Å². The number of nitrogens with one attached hydrogen (secondary N) is 1. The van der Waals surface area contributed by atoms with Gasteiger partial charge in [-0.05, 0) is 36.6 Å². The molecule has 1 atom stereocenters. The van der Waals surface area contributed by atoms with E-state index in [2.05, 4.69) is 5.32 Å². The average Bonchev–Trinajstić information content (AvgIpc) is 2.52. The van der Waals surface area contributed by atoms with Crippen LogP contribution in [0, 0.1) is 5.92 Å². The van der Waals surface area contributed by atoms with Crippen molar-refractivity contribution in [2.75, 3.05) is 13.7 Å². The summed E-state index contributed by atoms with van der Waals surface area (Å²) in [5.41, 5.74) is 0.598. The molecule has 0 spiro atoms. The number of methoxy groups -OCH3 is 1. The Morgan fingerprint density at radius 1 is 1.17 bits per heavy atom. The van der Waals surface area contributed by atoms with Crippen molar-refractivity contribution in [1.29, 1.82) is 0 Å². The van der Waals surface area contributed by atoms with Gasteiger partial charge in [0, 0.05) is 31.4 Å². The molecule has 2 N–H and O–H groups in total. The summed E-state index contributed by atoms with van der Waals surface area (Å²) in [6.07, 6.45) is 1.03. The number of benzene rings is 1. The first-order chi connectivity index (χ1) is 10.9. The molecule has 1 aromatic carbocycles. The predicted octanol–water partition coefficient (Wildman–Crippen LogP) is 2.28. The van der Waals surface area contributed by atoms with Crippen molar-refractivity contribution in [1.82, 2.24) is 5.32 Å². The molecule has 6 nitrogen and oxygen atoms in total. The Hall–Kier alpha value is -2.37. The minimum Gasteiger partial charge on any atom is -0.497 e. The van der Waals surface area contributed by atoms with Crippen LogP contribution < -0.4 is 10.1 Å². The molecule has 0 aliphatic rings. The molecule has 6 heteroatoms. The van der Waals surface area contributed by atoms with Crippen molar-refractivity contribution in [2.45, 2.75) is 32.6 Å². The Morgan fingerprint density at radius 3 is 2.39 bits per heavy atom. The number of aliphatic carboxylic acids is 1. The zero-order valence-corrected chi connectivity index (χ0v) is 13.5. The van der Waals surface area contributed by atoms with Crippen molar-refractivity contribution < 1.29 is 24.2 Å². The summed E-state index contributed by atoms with van der Waals surface area (Å²) in [5, 5.41) is 11.3. The van der Waals surface area contributed by atoms with Gasteiger partial charge in [-0.25, -0.2) is 0 Å². The number of carboxylic acid groups (broad SMARTS) is 1. The molecule has 0 aliphatic heterocycles. The van der Waals surface area contributed by atoms with Gasteiger partial charge in [0.2, 0.25) is 5.91 Å². The number of ketones is 1. The molecule has 0 bridgehead atoms. The lowest BCUT2D eigenvalue weighted by Crippen LogP contribution is -2.29. The van der Waals surface area contributed by atoms with E-state index < -0.39 is 5.97 Å². The van der Waals surface area contributed by atoms with E-state index in [-0.39, 0.29) is 30.4 Å². The van der Waals surface area contributed by atoms with Crippen LogP contribution >= 0.6 is 0 Å². The third-order valence-corrected chi connectivity index (χ3v) is 3.39. The number of rotatable bonds is 10. The van der Waals surface area contributed by atoms with Gasteiger partial charge < -0.3 is 15.2 Å². The van der Waals surface area contributed by atoms with Gasteiger partial charge in [-0.15, -0.1) is 0 Å². The van der Waals surface area contributed by atoms with Crippen molar-refractivity contribution in [3.63, 3.8) is 0 Å². The highest BCUT2D eigenvalue weighted by Gasteiger charge is 2.11. The normalized spacial score (nSPS) is 11.6. The van der Waals surface area contributed by atoms with E-state index in [4.69, 9.17) is 9.84 Å². The Kier molecular flexibility index (Phi) is 7.80. The Labute approximate surface area is 135 Å². The fourth-order valence-electron chi connectivity index (χ4n) is 2.08. The maximum absolute atomic E-state index is 12.0. The summed E-state index contributed by atoms with van der Waals surface area (Å²) in [5.74, 6) is -0.477. The van der Waals surface area contributed by atoms with E-state index in [0.29, 0.717) is 30.7 Å². The third-order valence-electron chi connectivity index (χ3n) is 3.39. The van der Waals surface area contributed by atoms with Crippen molar-refractivity contribution in [3.8, 4) is 5.75 Å². The lowest BCUT2D eigenvalue weighted by atomic mass is 10.0. The third kappa shape index (κ3) is 7.44. The molecule has 1 amide bonds. The van der Waals surface area contributed by atoms with Gasteiger partial charge in [-0.1, -0.05) is 6.92 Å². The van der Waals surface area contributed by atoms with Gasteiger partial charge in [-0.2, -0.15) is 0 Å². The number of hydrogen-bond acceptors (Lipinski definition) is 4. The number of Topliss-reactive ketones (excluding diaryl/α,β-unsaturated/α-hetero) is 1. The fourth-order valence-corrected chi connectivity index (χ4v) is 2.08. The van der Waals surface area contributed by atoms with E-state index >= 15 is 0 Å². The quantitative estimate of drug-likeness (QED) is 0.645. The van der Waals surface area contributed by atoms with Crippen LogP contribution in [-0.4, -0.2) is 36.4 Å². The summed E-state index contributed by atoms with van der Waals surface area (Å²) in [6.45, 7) is 2.10. The summed E-state index contributed by atoms with van der Waals surface area (Å²) >= 11 is 0. The van der Waals surface area contributed by atoms with Crippen LogP contribution in [0.2, 0.25) is 0 Å². The molecule has 23 heavy (non-hydrogen) atoms. The standard InChI is InChI=1S/C17H23NO5/c1-12(10-17(21)22)11-18-16(20)5-3-4-15(19)13-6-8-14(23-2)9-7-13/h6-9,12H,3-5,10-11H2,1-2H3,(H,18,20)(H,21,22). The number of carbonyl (C=O) groups excluding carboxylic acids is 2. The second-order valence-corrected chi connectivity index (χ2v) is 5.51. The number of hydrogen-bond donors (Lipinski definition) is 2. The highest BCUT2D eigenvalue weighted by atomic mass is 16.5. The first-order valence-corrected chi connectivity index (χ1v) is 7.58. The largest absolute Gasteiger partial charge is 0.497 e. The highest BCUT2D eigenvalue weighted by molar-refractivity contribution is 5.96. The van der Waals surface area contributed by atoms with Gasteiger partial charge in [0.1, 0.15) is 5.75 Å². The average molecular weight is 321 g/mol. The SMILES string of the molecule is COc1ccc(C(=O)CCCC(=O)NCC(C)CC(=O)O)cc1. The summed E-state index contributed by atoms with van der Waals surface area (Å²) < 4.78 is 5.03. The number of amides is 1. The maximum atomic E-state index is 12.0. The van der Waals surface area contributed by atoms with Gasteiger partial charge in [0.25, 0.3) is 0 Å². The van der Waals surface area contributed by atoms with E-state index in [1.54, 1.807) is 38.3 Å². The highest BCUT2D eigenvalue weighted by Crippen LogP contribution is 2.13. The van der Waals surface area contributed by atoms with Crippen molar-refractivity contribution in [3.05, 3.63) is 29.8 Å². The van der Waals surface area contributed by atoms with Gasteiger partial charge in [0.15, 0.2) is 5.78 Å². The number of carboxylic acids is 1. The monoisotopic (exact) mass is 321 g/mol. The summed E-state index contributed by atoms with van der Waals surface area (Å²) in [7, 11) is 1.56.